The normalized spacial score (nSPS) is 13.9. The number of rotatable bonds is 20. The first-order chi connectivity index (χ1) is 16.9. The van der Waals surface area contributed by atoms with Gasteiger partial charge in [0.05, 0.1) is 0 Å². The van der Waals surface area contributed by atoms with Crippen molar-refractivity contribution in [3.63, 3.8) is 0 Å². The molecule has 0 radical (unpaired) electrons. The Morgan fingerprint density at radius 3 is 0.459 bits per heavy atom. The fourth-order valence-electron chi connectivity index (χ4n) is 2.60. The molecule has 224 valence electrons. The van der Waals surface area contributed by atoms with Crippen molar-refractivity contribution in [3.8, 4) is 0 Å². The second kappa shape index (κ2) is 17.8. The molecule has 12 nitrogen and oxygen atoms in total. The SMILES string of the molecule is CC(C)O[N](OC(C)C)[Ti]([N](OC(C)C)OC(C)C)([N](OC(C)C)OC(C)C)[N](OC(C)C)OC(C)C. The monoisotopic (exact) mass is 576 g/mol. The molecule has 0 saturated carbocycles. The third-order valence-corrected chi connectivity index (χ3v) is 7.81. The second-order valence-electron chi connectivity index (χ2n) is 10.9. The summed E-state index contributed by atoms with van der Waals surface area (Å²) in [7, 11) is 0. The van der Waals surface area contributed by atoms with Crippen molar-refractivity contribution in [2.45, 2.75) is 160 Å². The molecule has 0 atom stereocenters. The third kappa shape index (κ3) is 13.4. The summed E-state index contributed by atoms with van der Waals surface area (Å²) < 4.78 is 5.48. The van der Waals surface area contributed by atoms with Gasteiger partial charge < -0.3 is 0 Å². The Morgan fingerprint density at radius 1 is 0.270 bits per heavy atom. The van der Waals surface area contributed by atoms with E-state index in [2.05, 4.69) is 0 Å². The summed E-state index contributed by atoms with van der Waals surface area (Å²) in [5.74, 6) is 0. The first-order valence-electron chi connectivity index (χ1n) is 13.5. The Balaban J connectivity index is 7.79. The maximum atomic E-state index is 6.35. The molecule has 0 aliphatic rings. The molecule has 0 aromatic heterocycles. The van der Waals surface area contributed by atoms with Gasteiger partial charge in [-0.1, -0.05) is 0 Å². The van der Waals surface area contributed by atoms with Crippen LogP contribution in [-0.4, -0.2) is 63.7 Å². The summed E-state index contributed by atoms with van der Waals surface area (Å²) in [5.41, 5.74) is 0. The van der Waals surface area contributed by atoms with Crippen LogP contribution in [-0.2, 0) is 56.3 Å². The van der Waals surface area contributed by atoms with Gasteiger partial charge in [0.25, 0.3) is 0 Å². The zero-order chi connectivity index (χ0) is 29.1. The molecule has 0 spiro atoms. The van der Waals surface area contributed by atoms with Crippen molar-refractivity contribution in [2.75, 3.05) is 0 Å². The molecule has 0 N–H and O–H groups in total. The van der Waals surface area contributed by atoms with Crippen molar-refractivity contribution in [2.24, 2.45) is 0 Å². The molecular formula is C24H56N4O8Ti. The first-order valence-corrected chi connectivity index (χ1v) is 16.3. The van der Waals surface area contributed by atoms with E-state index >= 15 is 0 Å². The molecule has 0 amide bonds. The zero-order valence-corrected chi connectivity index (χ0v) is 27.7. The second-order valence-corrected chi connectivity index (χ2v) is 15.0. The molecule has 0 saturated heterocycles. The number of hydrogen-bond donors (Lipinski definition) is 0. The van der Waals surface area contributed by atoms with Crippen LogP contribution in [0.5, 0.6) is 0 Å². The Labute approximate surface area is 230 Å². The van der Waals surface area contributed by atoms with Crippen molar-refractivity contribution in [1.29, 1.82) is 0 Å². The van der Waals surface area contributed by atoms with Crippen LogP contribution >= 0.6 is 0 Å². The Bertz CT molecular complexity index is 456. The Morgan fingerprint density at radius 2 is 0.378 bits per heavy atom. The summed E-state index contributed by atoms with van der Waals surface area (Å²) in [4.78, 5) is 50.8. The fourth-order valence-corrected chi connectivity index (χ4v) is 8.25. The predicted molar refractivity (Wildman–Crippen MR) is 137 cm³/mol. The maximum absolute atomic E-state index is 6.35. The van der Waals surface area contributed by atoms with Crippen LogP contribution in [0.4, 0.5) is 0 Å². The molecule has 0 aliphatic heterocycles. The zero-order valence-electron chi connectivity index (χ0n) is 26.2. The quantitative estimate of drug-likeness (QED) is 0.131. The average Bonchev–Trinajstić information content (AvgIpc) is 2.64. The van der Waals surface area contributed by atoms with Gasteiger partial charge in [-0.15, -0.1) is 0 Å². The molecule has 0 aromatic carbocycles. The van der Waals surface area contributed by atoms with Crippen molar-refractivity contribution in [3.05, 3.63) is 0 Å². The summed E-state index contributed by atoms with van der Waals surface area (Å²) in [6.45, 7) is 30.4. The topological polar surface area (TPSA) is 86.8 Å². The molecule has 0 heterocycles. The van der Waals surface area contributed by atoms with Crippen LogP contribution in [0.15, 0.2) is 0 Å². The van der Waals surface area contributed by atoms with E-state index in [1.165, 1.54) is 14.8 Å². The van der Waals surface area contributed by atoms with Gasteiger partial charge in [0.2, 0.25) is 0 Å². The summed E-state index contributed by atoms with van der Waals surface area (Å²) in [6, 6.07) is 0. The van der Waals surface area contributed by atoms with Gasteiger partial charge in [-0.25, -0.2) is 0 Å². The predicted octanol–water partition coefficient (Wildman–Crippen LogP) is 5.73. The van der Waals surface area contributed by atoms with Crippen molar-refractivity contribution >= 4 is 0 Å². The Kier molecular flexibility index (Phi) is 17.9. The van der Waals surface area contributed by atoms with Gasteiger partial charge in [0.1, 0.15) is 0 Å². The summed E-state index contributed by atoms with van der Waals surface area (Å²) in [5, 5.41) is 0. The molecule has 37 heavy (non-hydrogen) atoms. The third-order valence-electron chi connectivity index (χ3n) is 3.43. The fraction of sp³-hybridized carbons (Fsp3) is 1.00. The van der Waals surface area contributed by atoms with E-state index in [0.29, 0.717) is 0 Å². The van der Waals surface area contributed by atoms with Gasteiger partial charge >= 0.3 is 231 Å². The first kappa shape index (κ1) is 37.2. The van der Waals surface area contributed by atoms with Crippen LogP contribution in [0.1, 0.15) is 111 Å². The average molecular weight is 577 g/mol. The molecule has 0 unspecified atom stereocenters. The van der Waals surface area contributed by atoms with Crippen LogP contribution in [0, 0.1) is 0 Å². The van der Waals surface area contributed by atoms with E-state index in [9.17, 15) is 0 Å². The van der Waals surface area contributed by atoms with E-state index < -0.39 is 17.6 Å². The van der Waals surface area contributed by atoms with E-state index in [-0.39, 0.29) is 48.8 Å². The molecule has 13 heteroatoms. The van der Waals surface area contributed by atoms with E-state index in [1.807, 2.05) is 111 Å². The van der Waals surface area contributed by atoms with Crippen molar-refractivity contribution < 1.29 is 56.3 Å². The van der Waals surface area contributed by atoms with Gasteiger partial charge in [-0.05, 0) is 0 Å². The summed E-state index contributed by atoms with van der Waals surface area (Å²) in [6.07, 6.45) is -2.42. The molecule has 0 aliphatic carbocycles. The molecule has 0 rings (SSSR count). The summed E-state index contributed by atoms with van der Waals surface area (Å²) >= 11 is -5.04. The molecule has 0 fully saturated rings. The molecule has 0 aromatic rings. The van der Waals surface area contributed by atoms with Crippen LogP contribution in [0.2, 0.25) is 0 Å². The van der Waals surface area contributed by atoms with E-state index in [0.717, 1.165) is 0 Å². The van der Waals surface area contributed by atoms with Gasteiger partial charge in [-0.3, -0.25) is 0 Å². The van der Waals surface area contributed by atoms with Crippen molar-refractivity contribution in [1.82, 2.24) is 14.8 Å². The van der Waals surface area contributed by atoms with Gasteiger partial charge in [0.15, 0.2) is 0 Å². The van der Waals surface area contributed by atoms with E-state index in [1.54, 1.807) is 0 Å². The van der Waals surface area contributed by atoms with Crippen LogP contribution in [0.3, 0.4) is 0 Å². The Hall–Kier alpha value is 0.234. The molecular weight excluding hydrogens is 520 g/mol. The molecule has 0 bridgehead atoms. The van der Waals surface area contributed by atoms with Crippen LogP contribution < -0.4 is 0 Å². The minimum absolute atomic E-state index is 0.302. The van der Waals surface area contributed by atoms with E-state index in [4.69, 9.17) is 38.7 Å². The standard InChI is InChI=1S/4C6H14NO2.Ti/c4*1-5(2)8-7-9-6(3)4;/h4*5-6H,1-4H3;/q4*-1;+4. The number of hydrogen-bond acceptors (Lipinski definition) is 12. The van der Waals surface area contributed by atoms with Gasteiger partial charge in [0, 0.05) is 0 Å². The van der Waals surface area contributed by atoms with Crippen LogP contribution in [0.25, 0.3) is 0 Å². The van der Waals surface area contributed by atoms with Gasteiger partial charge in [-0.2, -0.15) is 0 Å². The number of nitrogens with zero attached hydrogens (tertiary/aromatic N) is 4. The minimum atomic E-state index is -5.04.